The number of alkyl halides is 1. The van der Waals surface area contributed by atoms with Gasteiger partial charge in [0.2, 0.25) is 0 Å². The van der Waals surface area contributed by atoms with Gasteiger partial charge in [0.25, 0.3) is 0 Å². The van der Waals surface area contributed by atoms with Crippen molar-refractivity contribution in [1.29, 1.82) is 0 Å². The van der Waals surface area contributed by atoms with Crippen molar-refractivity contribution < 1.29 is 8.78 Å². The minimum Gasteiger partial charge on any atom is -0.207 e. The van der Waals surface area contributed by atoms with E-state index in [0.29, 0.717) is 12.0 Å². The van der Waals surface area contributed by atoms with Crippen LogP contribution in [0.25, 0.3) is 0 Å². The molecule has 3 heteroatoms. The first-order chi connectivity index (χ1) is 8.16. The molecule has 0 bridgehead atoms. The highest BCUT2D eigenvalue weighted by Crippen LogP contribution is 2.28. The molecule has 0 heterocycles. The van der Waals surface area contributed by atoms with E-state index in [-0.39, 0.29) is 16.5 Å². The van der Waals surface area contributed by atoms with Crippen LogP contribution in [-0.2, 0) is 6.42 Å². The Labute approximate surface area is 107 Å². The summed E-state index contributed by atoms with van der Waals surface area (Å²) < 4.78 is 26.5. The molecule has 0 aliphatic heterocycles. The molecule has 0 aromatic heterocycles. The molecule has 0 aliphatic rings. The molecule has 0 saturated carbocycles. The van der Waals surface area contributed by atoms with Gasteiger partial charge in [0.05, 0.1) is 0 Å². The van der Waals surface area contributed by atoms with Crippen molar-refractivity contribution in [3.05, 3.63) is 71.3 Å². The Kier molecular flexibility index (Phi) is 3.89. The Morgan fingerprint density at radius 3 is 2.47 bits per heavy atom. The van der Waals surface area contributed by atoms with Gasteiger partial charge in [-0.15, -0.1) is 0 Å². The van der Waals surface area contributed by atoms with Crippen molar-refractivity contribution in [3.63, 3.8) is 0 Å². The van der Waals surface area contributed by atoms with E-state index < -0.39 is 0 Å². The fourth-order valence-corrected chi connectivity index (χ4v) is 2.31. The second kappa shape index (κ2) is 5.41. The molecule has 2 rings (SSSR count). The number of hydrogen-bond acceptors (Lipinski definition) is 0. The highest BCUT2D eigenvalue weighted by Gasteiger charge is 2.11. The van der Waals surface area contributed by atoms with Crippen LogP contribution in [-0.4, -0.2) is 0 Å². The van der Waals surface area contributed by atoms with E-state index in [9.17, 15) is 8.78 Å². The fraction of sp³-hybridized carbons (Fsp3) is 0.143. The highest BCUT2D eigenvalue weighted by atomic mass is 79.9. The molecule has 0 nitrogen and oxygen atoms in total. The summed E-state index contributed by atoms with van der Waals surface area (Å²) in [5.74, 6) is -0.506. The van der Waals surface area contributed by atoms with Crippen LogP contribution in [0.2, 0.25) is 0 Å². The lowest BCUT2D eigenvalue weighted by atomic mass is 10.0. The average molecular weight is 297 g/mol. The smallest absolute Gasteiger partial charge is 0.126 e. The van der Waals surface area contributed by atoms with Crippen molar-refractivity contribution in [2.75, 3.05) is 0 Å². The van der Waals surface area contributed by atoms with E-state index in [2.05, 4.69) is 15.9 Å². The Morgan fingerprint density at radius 1 is 1.00 bits per heavy atom. The zero-order valence-corrected chi connectivity index (χ0v) is 10.6. The highest BCUT2D eigenvalue weighted by molar-refractivity contribution is 9.09. The summed E-state index contributed by atoms with van der Waals surface area (Å²) >= 11 is 3.46. The zero-order chi connectivity index (χ0) is 12.3. The van der Waals surface area contributed by atoms with Gasteiger partial charge in [-0.1, -0.05) is 46.3 Å². The molecule has 17 heavy (non-hydrogen) atoms. The molecule has 0 amide bonds. The monoisotopic (exact) mass is 296 g/mol. The lowest BCUT2D eigenvalue weighted by molar-refractivity contribution is 0.607. The molecule has 0 aliphatic carbocycles. The van der Waals surface area contributed by atoms with E-state index in [4.69, 9.17) is 0 Å². The number of halogens is 3. The summed E-state index contributed by atoms with van der Waals surface area (Å²) in [5, 5.41) is 0. The molecule has 0 saturated heterocycles. The molecule has 1 unspecified atom stereocenters. The van der Waals surface area contributed by atoms with Crippen molar-refractivity contribution in [2.24, 2.45) is 0 Å². The maximum atomic E-state index is 13.5. The SMILES string of the molecule is Fc1cccc(C(Br)Cc2ccccc2F)c1. The molecule has 0 N–H and O–H groups in total. The van der Waals surface area contributed by atoms with Crippen molar-refractivity contribution >= 4 is 15.9 Å². The third kappa shape index (κ3) is 3.13. The first kappa shape index (κ1) is 12.2. The Bertz CT molecular complexity index is 511. The van der Waals surface area contributed by atoms with Crippen LogP contribution in [0, 0.1) is 11.6 Å². The molecule has 0 spiro atoms. The van der Waals surface area contributed by atoms with Crippen LogP contribution in [0.4, 0.5) is 8.78 Å². The van der Waals surface area contributed by atoms with Crippen molar-refractivity contribution in [2.45, 2.75) is 11.2 Å². The first-order valence-corrected chi connectivity index (χ1v) is 6.21. The maximum Gasteiger partial charge on any atom is 0.126 e. The van der Waals surface area contributed by atoms with Crippen LogP contribution >= 0.6 is 15.9 Å². The normalized spacial score (nSPS) is 12.4. The van der Waals surface area contributed by atoms with Crippen molar-refractivity contribution in [3.8, 4) is 0 Å². The summed E-state index contributed by atoms with van der Waals surface area (Å²) in [5.41, 5.74) is 1.44. The van der Waals surface area contributed by atoms with E-state index in [1.54, 1.807) is 24.3 Å². The molecule has 0 fully saturated rings. The average Bonchev–Trinajstić information content (AvgIpc) is 2.32. The summed E-state index contributed by atoms with van der Waals surface area (Å²) in [6, 6.07) is 13.0. The third-order valence-corrected chi connectivity index (χ3v) is 3.42. The first-order valence-electron chi connectivity index (χ1n) is 5.30. The van der Waals surface area contributed by atoms with Crippen LogP contribution in [0.15, 0.2) is 48.5 Å². The topological polar surface area (TPSA) is 0 Å². The summed E-state index contributed by atoms with van der Waals surface area (Å²) in [7, 11) is 0. The fourth-order valence-electron chi connectivity index (χ4n) is 1.68. The summed E-state index contributed by atoms with van der Waals surface area (Å²) in [6.07, 6.45) is 0.496. The standard InChI is InChI=1S/C14H11BrF2/c15-13(10-5-3-6-12(16)8-10)9-11-4-1-2-7-14(11)17/h1-8,13H,9H2. The minimum atomic E-state index is -0.277. The maximum absolute atomic E-state index is 13.5. The van der Waals surface area contributed by atoms with E-state index >= 15 is 0 Å². The lowest BCUT2D eigenvalue weighted by Crippen LogP contribution is -1.98. The molecule has 2 aromatic carbocycles. The molecule has 0 radical (unpaired) electrons. The second-order valence-corrected chi connectivity index (χ2v) is 4.92. The van der Waals surface area contributed by atoms with Crippen LogP contribution in [0.3, 0.4) is 0 Å². The molecular weight excluding hydrogens is 286 g/mol. The molecule has 2 aromatic rings. The van der Waals surface area contributed by atoms with Gasteiger partial charge < -0.3 is 0 Å². The van der Waals surface area contributed by atoms with Gasteiger partial charge in [-0.25, -0.2) is 8.78 Å². The summed E-state index contributed by atoms with van der Waals surface area (Å²) in [4.78, 5) is -0.0879. The van der Waals surface area contributed by atoms with Crippen LogP contribution in [0.5, 0.6) is 0 Å². The molecule has 1 atom stereocenters. The third-order valence-electron chi connectivity index (χ3n) is 2.57. The van der Waals surface area contributed by atoms with Crippen molar-refractivity contribution in [1.82, 2.24) is 0 Å². The van der Waals surface area contributed by atoms with Gasteiger partial charge in [-0.2, -0.15) is 0 Å². The molecular formula is C14H11BrF2. The quantitative estimate of drug-likeness (QED) is 0.724. The number of rotatable bonds is 3. The van der Waals surface area contributed by atoms with Gasteiger partial charge in [0.1, 0.15) is 11.6 Å². The van der Waals surface area contributed by atoms with Gasteiger partial charge in [-0.05, 0) is 35.7 Å². The Balaban J connectivity index is 2.17. The van der Waals surface area contributed by atoms with Gasteiger partial charge in [-0.3, -0.25) is 0 Å². The van der Waals surface area contributed by atoms with Gasteiger partial charge in [0.15, 0.2) is 0 Å². The van der Waals surface area contributed by atoms with Crippen LogP contribution in [0.1, 0.15) is 16.0 Å². The Morgan fingerprint density at radius 2 is 1.76 bits per heavy atom. The van der Waals surface area contributed by atoms with Crippen LogP contribution < -0.4 is 0 Å². The predicted octanol–water partition coefficient (Wildman–Crippen LogP) is 4.64. The molecule has 88 valence electrons. The summed E-state index contributed by atoms with van der Waals surface area (Å²) in [6.45, 7) is 0. The number of benzene rings is 2. The minimum absolute atomic E-state index is 0.0879. The van der Waals surface area contributed by atoms with Gasteiger partial charge in [0, 0.05) is 4.83 Å². The van der Waals surface area contributed by atoms with Gasteiger partial charge >= 0.3 is 0 Å². The van der Waals surface area contributed by atoms with E-state index in [1.807, 2.05) is 6.07 Å². The lowest BCUT2D eigenvalue weighted by Gasteiger charge is -2.11. The second-order valence-electron chi connectivity index (χ2n) is 3.82. The Hall–Kier alpha value is -1.22. The predicted molar refractivity (Wildman–Crippen MR) is 68.2 cm³/mol. The zero-order valence-electron chi connectivity index (χ0n) is 9.04. The largest absolute Gasteiger partial charge is 0.207 e. The van der Waals surface area contributed by atoms with E-state index in [1.165, 1.54) is 18.2 Å². The number of hydrogen-bond donors (Lipinski definition) is 0. The van der Waals surface area contributed by atoms with E-state index in [0.717, 1.165) is 5.56 Å².